The zero-order chi connectivity index (χ0) is 27.7. The molecule has 8 nitrogen and oxygen atoms in total. The lowest BCUT2D eigenvalue weighted by Gasteiger charge is -2.29. The van der Waals surface area contributed by atoms with Crippen molar-refractivity contribution in [3.05, 3.63) is 53.1 Å². The van der Waals surface area contributed by atoms with Gasteiger partial charge in [-0.2, -0.15) is 0 Å². The Hall–Kier alpha value is -3.33. The Morgan fingerprint density at radius 2 is 1.76 bits per heavy atom. The van der Waals surface area contributed by atoms with Crippen LogP contribution in [-0.2, 0) is 19.1 Å². The summed E-state index contributed by atoms with van der Waals surface area (Å²) >= 11 is 0. The van der Waals surface area contributed by atoms with Gasteiger partial charge in [-0.15, -0.1) is 0 Å². The second-order valence-corrected chi connectivity index (χ2v) is 9.36. The molecule has 0 aliphatic rings. The third kappa shape index (κ3) is 8.08. The molecule has 0 amide bonds. The number of carbonyl (C=O) groups is 3. The van der Waals surface area contributed by atoms with Crippen LogP contribution in [0.3, 0.4) is 0 Å². The summed E-state index contributed by atoms with van der Waals surface area (Å²) in [6, 6.07) is 6.35. The number of aromatic nitrogens is 1. The number of hydrogen-bond acceptors (Lipinski definition) is 8. The number of benzene rings is 1. The van der Waals surface area contributed by atoms with Gasteiger partial charge in [0.25, 0.3) is 0 Å². The van der Waals surface area contributed by atoms with Gasteiger partial charge in [0, 0.05) is 31.7 Å². The molecule has 0 saturated heterocycles. The van der Waals surface area contributed by atoms with E-state index in [1.165, 1.54) is 32.5 Å². The van der Waals surface area contributed by atoms with Crippen molar-refractivity contribution in [3.8, 4) is 11.5 Å². The van der Waals surface area contributed by atoms with Crippen LogP contribution in [0, 0.1) is 24.6 Å². The number of ether oxygens (including phenoxy) is 4. The van der Waals surface area contributed by atoms with E-state index in [1.54, 1.807) is 32.9 Å². The quantitative estimate of drug-likeness (QED) is 0.268. The fourth-order valence-electron chi connectivity index (χ4n) is 4.14. The second kappa shape index (κ2) is 13.8. The van der Waals surface area contributed by atoms with Gasteiger partial charge in [0.2, 0.25) is 5.75 Å². The minimum Gasteiger partial charge on any atom is -0.493 e. The molecule has 0 N–H and O–H groups in total. The summed E-state index contributed by atoms with van der Waals surface area (Å²) in [6.45, 7) is 9.23. The standard InChI is InChI=1S/C28H36FNO7/c1-16(2)25(20-8-9-21(29)17(3)14-20)19(5)36-28(33)18(4)15-22(31)26-27(23(35-7)10-12-30-26)37-24(32)11-13-34-6/h8-10,12,14,16,18-19,25H,11,13,15H2,1-7H3/t18-,19+,25-/m1/s1. The van der Waals surface area contributed by atoms with Crippen LogP contribution in [0.2, 0.25) is 0 Å². The molecule has 1 aromatic heterocycles. The highest BCUT2D eigenvalue weighted by atomic mass is 19.1. The fraction of sp³-hybridized carbons (Fsp3) is 0.500. The van der Waals surface area contributed by atoms with Gasteiger partial charge >= 0.3 is 11.9 Å². The summed E-state index contributed by atoms with van der Waals surface area (Å²) in [5.41, 5.74) is 1.28. The van der Waals surface area contributed by atoms with E-state index in [0.29, 0.717) is 5.56 Å². The molecule has 0 unspecified atom stereocenters. The molecule has 0 fully saturated rings. The molecule has 0 bridgehead atoms. The van der Waals surface area contributed by atoms with Gasteiger partial charge in [-0.25, -0.2) is 9.37 Å². The van der Waals surface area contributed by atoms with Gasteiger partial charge in [0.15, 0.2) is 17.2 Å². The molecule has 37 heavy (non-hydrogen) atoms. The molecule has 9 heteroatoms. The number of methoxy groups -OCH3 is 2. The molecule has 1 aromatic carbocycles. The Bertz CT molecular complexity index is 1100. The van der Waals surface area contributed by atoms with Crippen LogP contribution in [0.5, 0.6) is 11.5 Å². The average molecular weight is 518 g/mol. The second-order valence-electron chi connectivity index (χ2n) is 9.36. The average Bonchev–Trinajstić information content (AvgIpc) is 2.84. The third-order valence-corrected chi connectivity index (χ3v) is 6.07. The zero-order valence-corrected chi connectivity index (χ0v) is 22.5. The van der Waals surface area contributed by atoms with Crippen molar-refractivity contribution in [1.29, 1.82) is 0 Å². The number of esters is 2. The van der Waals surface area contributed by atoms with Crippen molar-refractivity contribution < 1.29 is 37.7 Å². The maximum absolute atomic E-state index is 13.8. The summed E-state index contributed by atoms with van der Waals surface area (Å²) in [5.74, 6) is -2.73. The minimum atomic E-state index is -0.789. The van der Waals surface area contributed by atoms with Gasteiger partial charge in [-0.05, 0) is 37.0 Å². The maximum Gasteiger partial charge on any atom is 0.313 e. The first-order valence-corrected chi connectivity index (χ1v) is 12.2. The molecule has 1 heterocycles. The Labute approximate surface area is 217 Å². The van der Waals surface area contributed by atoms with Crippen LogP contribution in [0.1, 0.15) is 68.1 Å². The first-order valence-electron chi connectivity index (χ1n) is 12.2. The van der Waals surface area contributed by atoms with Crippen LogP contribution in [0.4, 0.5) is 4.39 Å². The third-order valence-electron chi connectivity index (χ3n) is 6.07. The number of aryl methyl sites for hydroxylation is 1. The molecule has 0 radical (unpaired) electrons. The van der Waals surface area contributed by atoms with Crippen molar-refractivity contribution in [1.82, 2.24) is 4.98 Å². The molecule has 3 atom stereocenters. The molecular weight excluding hydrogens is 481 g/mol. The van der Waals surface area contributed by atoms with Gasteiger partial charge in [0.1, 0.15) is 11.9 Å². The van der Waals surface area contributed by atoms with Crippen molar-refractivity contribution in [3.63, 3.8) is 0 Å². The largest absolute Gasteiger partial charge is 0.493 e. The molecular formula is C28H36FNO7. The molecule has 2 rings (SSSR count). The van der Waals surface area contributed by atoms with E-state index in [9.17, 15) is 18.8 Å². The Morgan fingerprint density at radius 3 is 2.35 bits per heavy atom. The molecule has 0 saturated carbocycles. The van der Waals surface area contributed by atoms with Gasteiger partial charge in [-0.3, -0.25) is 14.4 Å². The number of carbonyl (C=O) groups excluding carboxylic acids is 3. The van der Waals surface area contributed by atoms with E-state index >= 15 is 0 Å². The van der Waals surface area contributed by atoms with E-state index in [-0.39, 0.29) is 54.3 Å². The summed E-state index contributed by atoms with van der Waals surface area (Å²) in [6.07, 6.45) is 0.618. The van der Waals surface area contributed by atoms with E-state index in [0.717, 1.165) is 5.56 Å². The number of hydrogen-bond donors (Lipinski definition) is 0. The first-order chi connectivity index (χ1) is 17.5. The number of Topliss-reactive ketones (excluding diaryl/α,β-unsaturated/α-hetero) is 1. The zero-order valence-electron chi connectivity index (χ0n) is 22.5. The lowest BCUT2D eigenvalue weighted by atomic mass is 9.83. The Morgan fingerprint density at radius 1 is 1.05 bits per heavy atom. The van der Waals surface area contributed by atoms with Crippen molar-refractivity contribution in [2.45, 2.75) is 59.5 Å². The van der Waals surface area contributed by atoms with Crippen LogP contribution < -0.4 is 9.47 Å². The summed E-state index contributed by atoms with van der Waals surface area (Å²) in [4.78, 5) is 42.2. The maximum atomic E-state index is 13.8. The number of halogens is 1. The van der Waals surface area contributed by atoms with E-state index in [1.807, 2.05) is 13.8 Å². The predicted molar refractivity (Wildman–Crippen MR) is 135 cm³/mol. The Balaban J connectivity index is 2.15. The number of ketones is 1. The normalized spacial score (nSPS) is 13.5. The lowest BCUT2D eigenvalue weighted by Crippen LogP contribution is -2.29. The molecule has 0 aliphatic heterocycles. The van der Waals surface area contributed by atoms with E-state index in [2.05, 4.69) is 4.98 Å². The smallest absolute Gasteiger partial charge is 0.313 e. The highest BCUT2D eigenvalue weighted by Crippen LogP contribution is 2.33. The van der Waals surface area contributed by atoms with Crippen LogP contribution in [0.15, 0.2) is 30.5 Å². The summed E-state index contributed by atoms with van der Waals surface area (Å²) in [7, 11) is 2.84. The first kappa shape index (κ1) is 29.9. The topological polar surface area (TPSA) is 101 Å². The van der Waals surface area contributed by atoms with Crippen molar-refractivity contribution >= 4 is 17.7 Å². The SMILES string of the molecule is COCCC(=O)Oc1c(OC)ccnc1C(=O)C[C@@H](C)C(=O)O[C@@H](C)[C@H](c1ccc(F)c(C)c1)C(C)C. The van der Waals surface area contributed by atoms with Crippen LogP contribution >= 0.6 is 0 Å². The predicted octanol–water partition coefficient (Wildman–Crippen LogP) is 5.06. The molecule has 2 aromatic rings. The minimum absolute atomic E-state index is 0.0204. The number of pyridine rings is 1. The van der Waals surface area contributed by atoms with Crippen molar-refractivity contribution in [2.75, 3.05) is 20.8 Å². The highest BCUT2D eigenvalue weighted by Gasteiger charge is 2.30. The Kier molecular flexibility index (Phi) is 11.2. The molecule has 0 spiro atoms. The van der Waals surface area contributed by atoms with Crippen molar-refractivity contribution in [2.24, 2.45) is 11.8 Å². The van der Waals surface area contributed by atoms with Crippen LogP contribution in [0.25, 0.3) is 0 Å². The molecule has 202 valence electrons. The van der Waals surface area contributed by atoms with Gasteiger partial charge in [-0.1, -0.05) is 32.9 Å². The van der Waals surface area contributed by atoms with E-state index < -0.39 is 29.7 Å². The number of nitrogens with zero attached hydrogens (tertiary/aromatic N) is 1. The summed E-state index contributed by atoms with van der Waals surface area (Å²) in [5, 5.41) is 0. The van der Waals surface area contributed by atoms with E-state index in [4.69, 9.17) is 18.9 Å². The highest BCUT2D eigenvalue weighted by molar-refractivity contribution is 6.00. The van der Waals surface area contributed by atoms with Gasteiger partial charge in [0.05, 0.1) is 26.1 Å². The summed E-state index contributed by atoms with van der Waals surface area (Å²) < 4.78 is 35.0. The van der Waals surface area contributed by atoms with Crippen LogP contribution in [-0.4, -0.2) is 49.6 Å². The fourth-order valence-corrected chi connectivity index (χ4v) is 4.14. The number of rotatable bonds is 13. The molecule has 0 aliphatic carbocycles. The monoisotopic (exact) mass is 517 g/mol. The van der Waals surface area contributed by atoms with Gasteiger partial charge < -0.3 is 18.9 Å². The lowest BCUT2D eigenvalue weighted by molar-refractivity contribution is -0.154.